The molecule has 1 fully saturated rings. The number of hydrogen-bond acceptors (Lipinski definition) is 6. The molecule has 1 aliphatic heterocycles. The van der Waals surface area contributed by atoms with Crippen molar-refractivity contribution in [2.45, 2.75) is 6.61 Å². The number of ether oxygens (including phenoxy) is 2. The Morgan fingerprint density at radius 3 is 2.58 bits per heavy atom. The van der Waals surface area contributed by atoms with Crippen LogP contribution in [0.15, 0.2) is 70.7 Å². The van der Waals surface area contributed by atoms with Crippen LogP contribution in [-0.4, -0.2) is 24.0 Å². The third-order valence-electron chi connectivity index (χ3n) is 5.30. The first-order chi connectivity index (χ1) is 17.3. The highest BCUT2D eigenvalue weighted by atomic mass is 79.9. The molecule has 0 bridgehead atoms. The third-order valence-corrected chi connectivity index (χ3v) is 6.27. The molecule has 3 aromatic rings. The van der Waals surface area contributed by atoms with E-state index in [9.17, 15) is 19.2 Å². The molecule has 2 amide bonds. The van der Waals surface area contributed by atoms with Crippen LogP contribution in [0.4, 0.5) is 10.1 Å². The van der Waals surface area contributed by atoms with Crippen LogP contribution in [0.1, 0.15) is 16.7 Å². The lowest BCUT2D eigenvalue weighted by Crippen LogP contribution is -2.54. The van der Waals surface area contributed by atoms with Crippen molar-refractivity contribution in [3.8, 4) is 17.6 Å². The first-order valence-electron chi connectivity index (χ1n) is 10.5. The van der Waals surface area contributed by atoms with Gasteiger partial charge in [0, 0.05) is 10.0 Å². The highest BCUT2D eigenvalue weighted by molar-refractivity contribution is 9.10. The smallest absolute Gasteiger partial charge is 0.270 e. The number of nitrogens with one attached hydrogen (secondary N) is 1. The van der Waals surface area contributed by atoms with Crippen LogP contribution >= 0.6 is 28.1 Å². The fourth-order valence-electron chi connectivity index (χ4n) is 3.51. The van der Waals surface area contributed by atoms with E-state index in [4.69, 9.17) is 21.7 Å². The summed E-state index contributed by atoms with van der Waals surface area (Å²) >= 11 is 8.56. The Morgan fingerprint density at radius 2 is 1.86 bits per heavy atom. The lowest BCUT2D eigenvalue weighted by Gasteiger charge is -2.29. The van der Waals surface area contributed by atoms with Gasteiger partial charge in [-0.05, 0) is 54.2 Å². The Labute approximate surface area is 219 Å². The predicted octanol–water partition coefficient (Wildman–Crippen LogP) is 4.88. The molecule has 1 heterocycles. The van der Waals surface area contributed by atoms with Gasteiger partial charge in [0.2, 0.25) is 0 Å². The van der Waals surface area contributed by atoms with Gasteiger partial charge in [-0.2, -0.15) is 5.26 Å². The SMILES string of the molecule is COc1cc(/C=C2\C(=O)NC(=S)N(c3ccccc3F)C2=O)c(Br)cc1OCc1ccccc1C#N. The lowest BCUT2D eigenvalue weighted by atomic mass is 10.1. The minimum Gasteiger partial charge on any atom is -0.493 e. The van der Waals surface area contributed by atoms with Crippen LogP contribution < -0.4 is 19.7 Å². The van der Waals surface area contributed by atoms with Crippen molar-refractivity contribution in [2.75, 3.05) is 12.0 Å². The van der Waals surface area contributed by atoms with Crippen molar-refractivity contribution in [2.24, 2.45) is 0 Å². The molecule has 10 heteroatoms. The molecular formula is C26H17BrFN3O4S. The van der Waals surface area contributed by atoms with Crippen molar-refractivity contribution >= 4 is 56.8 Å². The van der Waals surface area contributed by atoms with Crippen LogP contribution in [0.2, 0.25) is 0 Å². The quantitative estimate of drug-likeness (QED) is 0.260. The zero-order chi connectivity index (χ0) is 25.8. The van der Waals surface area contributed by atoms with Crippen LogP contribution in [0.5, 0.6) is 11.5 Å². The normalized spacial score (nSPS) is 14.4. The van der Waals surface area contributed by atoms with Gasteiger partial charge in [-0.3, -0.25) is 14.9 Å². The van der Waals surface area contributed by atoms with Crippen molar-refractivity contribution in [3.63, 3.8) is 0 Å². The second-order valence-electron chi connectivity index (χ2n) is 7.49. The molecule has 1 N–H and O–H groups in total. The van der Waals surface area contributed by atoms with Gasteiger partial charge in [0.1, 0.15) is 18.0 Å². The number of methoxy groups -OCH3 is 1. The molecule has 0 unspecified atom stereocenters. The van der Waals surface area contributed by atoms with E-state index in [0.717, 1.165) is 4.90 Å². The fourth-order valence-corrected chi connectivity index (χ4v) is 4.22. The summed E-state index contributed by atoms with van der Waals surface area (Å²) in [7, 11) is 1.45. The van der Waals surface area contributed by atoms with Crippen molar-refractivity contribution < 1.29 is 23.5 Å². The Kier molecular flexibility index (Phi) is 7.43. The summed E-state index contributed by atoms with van der Waals surface area (Å²) < 4.78 is 26.2. The van der Waals surface area contributed by atoms with Gasteiger partial charge in [0.15, 0.2) is 16.6 Å². The van der Waals surface area contributed by atoms with Crippen molar-refractivity contribution in [1.29, 1.82) is 5.26 Å². The number of halogens is 2. The monoisotopic (exact) mass is 565 g/mol. The molecule has 0 radical (unpaired) electrons. The molecule has 36 heavy (non-hydrogen) atoms. The molecule has 0 aliphatic carbocycles. The Morgan fingerprint density at radius 1 is 1.14 bits per heavy atom. The van der Waals surface area contributed by atoms with E-state index in [1.54, 1.807) is 36.4 Å². The molecule has 0 spiro atoms. The van der Waals surface area contributed by atoms with E-state index < -0.39 is 17.6 Å². The van der Waals surface area contributed by atoms with Crippen molar-refractivity contribution in [1.82, 2.24) is 5.32 Å². The summed E-state index contributed by atoms with van der Waals surface area (Å²) in [5.41, 5.74) is 1.33. The minimum atomic E-state index is -0.770. The number of carbonyl (C=O) groups is 2. The van der Waals surface area contributed by atoms with E-state index in [1.165, 1.54) is 31.4 Å². The number of amides is 2. The van der Waals surface area contributed by atoms with Gasteiger partial charge in [0.25, 0.3) is 11.8 Å². The molecule has 7 nitrogen and oxygen atoms in total. The molecule has 0 aromatic heterocycles. The maximum absolute atomic E-state index is 14.4. The van der Waals surface area contributed by atoms with Gasteiger partial charge >= 0.3 is 0 Å². The Bertz CT molecular complexity index is 1470. The number of benzene rings is 3. The van der Waals surface area contributed by atoms with Gasteiger partial charge in [0.05, 0.1) is 24.4 Å². The molecule has 3 aromatic carbocycles. The van der Waals surface area contributed by atoms with E-state index in [1.807, 2.05) is 6.07 Å². The van der Waals surface area contributed by atoms with Gasteiger partial charge < -0.3 is 9.47 Å². The van der Waals surface area contributed by atoms with Gasteiger partial charge in [-0.1, -0.05) is 46.3 Å². The lowest BCUT2D eigenvalue weighted by molar-refractivity contribution is -0.122. The van der Waals surface area contributed by atoms with E-state index >= 15 is 0 Å². The average Bonchev–Trinajstić information content (AvgIpc) is 2.87. The maximum atomic E-state index is 14.4. The average molecular weight is 566 g/mol. The molecule has 1 aliphatic rings. The van der Waals surface area contributed by atoms with Crippen LogP contribution in [0, 0.1) is 17.1 Å². The summed E-state index contributed by atoms with van der Waals surface area (Å²) in [6, 6.07) is 18.0. The summed E-state index contributed by atoms with van der Waals surface area (Å²) in [6.07, 6.45) is 1.36. The molecule has 0 saturated carbocycles. The van der Waals surface area contributed by atoms with E-state index in [2.05, 4.69) is 27.3 Å². The molecule has 180 valence electrons. The highest BCUT2D eigenvalue weighted by Crippen LogP contribution is 2.36. The highest BCUT2D eigenvalue weighted by Gasteiger charge is 2.35. The second-order valence-corrected chi connectivity index (χ2v) is 8.73. The molecule has 4 rings (SSSR count). The topological polar surface area (TPSA) is 91.7 Å². The summed E-state index contributed by atoms with van der Waals surface area (Å²) in [4.78, 5) is 26.8. The number of hydrogen-bond donors (Lipinski definition) is 1. The fraction of sp³-hybridized carbons (Fsp3) is 0.0769. The maximum Gasteiger partial charge on any atom is 0.270 e. The number of rotatable bonds is 6. The zero-order valence-corrected chi connectivity index (χ0v) is 21.2. The van der Waals surface area contributed by atoms with E-state index in [0.29, 0.717) is 32.7 Å². The predicted molar refractivity (Wildman–Crippen MR) is 139 cm³/mol. The third kappa shape index (κ3) is 4.98. The molecular weight excluding hydrogens is 549 g/mol. The first-order valence-corrected chi connectivity index (χ1v) is 11.7. The van der Waals surface area contributed by atoms with Crippen LogP contribution in [-0.2, 0) is 16.2 Å². The minimum absolute atomic E-state index is 0.0727. The summed E-state index contributed by atoms with van der Waals surface area (Å²) in [6.45, 7) is 0.128. The molecule has 0 atom stereocenters. The Hall–Kier alpha value is -4.07. The van der Waals surface area contributed by atoms with Gasteiger partial charge in [-0.15, -0.1) is 0 Å². The molecule has 1 saturated heterocycles. The van der Waals surface area contributed by atoms with Crippen LogP contribution in [0.3, 0.4) is 0 Å². The number of thiocarbonyl (C=S) groups is 1. The van der Waals surface area contributed by atoms with Crippen molar-refractivity contribution in [3.05, 3.63) is 93.2 Å². The second kappa shape index (κ2) is 10.7. The van der Waals surface area contributed by atoms with Crippen LogP contribution in [0.25, 0.3) is 6.08 Å². The first kappa shape index (κ1) is 25.0. The summed E-state index contributed by atoms with van der Waals surface area (Å²) in [5.74, 6) is -1.42. The Balaban J connectivity index is 1.66. The van der Waals surface area contributed by atoms with Gasteiger partial charge in [-0.25, -0.2) is 9.29 Å². The standard InChI is InChI=1S/C26H17BrFN3O4S/c1-34-22-11-17(19(27)12-23(22)35-14-16-7-3-2-6-15(16)13-29)10-18-24(32)30-26(36)31(25(18)33)21-9-5-4-8-20(21)28/h2-12H,14H2,1H3,(H,30,32,36)/b18-10+. The number of nitriles is 1. The number of anilines is 1. The number of carbonyl (C=O) groups excluding carboxylic acids is 2. The zero-order valence-electron chi connectivity index (χ0n) is 18.7. The summed E-state index contributed by atoms with van der Waals surface area (Å²) in [5, 5.41) is 11.5. The van der Waals surface area contributed by atoms with E-state index in [-0.39, 0.29) is 23.0 Å². The number of para-hydroxylation sites is 1. The number of nitrogens with zero attached hydrogens (tertiary/aromatic N) is 2. The largest absolute Gasteiger partial charge is 0.493 e.